The number of aryl methyl sites for hydroxylation is 1. The molecule has 3 nitrogen and oxygen atoms in total. The Morgan fingerprint density at radius 1 is 1.38 bits per heavy atom. The molecule has 0 fully saturated rings. The molecule has 1 aliphatic rings. The highest BCUT2D eigenvalue weighted by atomic mass is 35.5. The summed E-state index contributed by atoms with van der Waals surface area (Å²) in [6.07, 6.45) is 6.37. The maximum Gasteiger partial charge on any atom is 0.135 e. The SMILES string of the molecule is CC(Cl)CN(C)c1ncnc2c1CCCC2. The Balaban J connectivity index is 2.26. The minimum Gasteiger partial charge on any atom is -0.358 e. The lowest BCUT2D eigenvalue weighted by atomic mass is 9.96. The minimum atomic E-state index is 0.138. The van der Waals surface area contributed by atoms with Crippen LogP contribution in [0.15, 0.2) is 6.33 Å². The van der Waals surface area contributed by atoms with Gasteiger partial charge >= 0.3 is 0 Å². The first-order valence-corrected chi connectivity index (χ1v) is 6.30. The first-order chi connectivity index (χ1) is 7.68. The highest BCUT2D eigenvalue weighted by Gasteiger charge is 2.18. The van der Waals surface area contributed by atoms with Gasteiger partial charge in [-0.2, -0.15) is 0 Å². The number of fused-ring (bicyclic) bond motifs is 1. The molecule has 16 heavy (non-hydrogen) atoms. The Morgan fingerprint density at radius 3 is 2.88 bits per heavy atom. The van der Waals surface area contributed by atoms with E-state index in [1.807, 2.05) is 6.92 Å². The van der Waals surface area contributed by atoms with Gasteiger partial charge in [0.15, 0.2) is 0 Å². The number of aromatic nitrogens is 2. The lowest BCUT2D eigenvalue weighted by Crippen LogP contribution is -2.27. The van der Waals surface area contributed by atoms with Crippen molar-refractivity contribution in [2.75, 3.05) is 18.5 Å². The molecule has 0 aromatic carbocycles. The van der Waals surface area contributed by atoms with Crippen molar-refractivity contribution in [3.8, 4) is 0 Å². The number of anilines is 1. The molecule has 1 aliphatic carbocycles. The monoisotopic (exact) mass is 239 g/mol. The van der Waals surface area contributed by atoms with Crippen LogP contribution in [0.3, 0.4) is 0 Å². The topological polar surface area (TPSA) is 29.0 Å². The van der Waals surface area contributed by atoms with Crippen molar-refractivity contribution in [1.29, 1.82) is 0 Å². The van der Waals surface area contributed by atoms with Crippen LogP contribution in [0.25, 0.3) is 0 Å². The zero-order valence-electron chi connectivity index (χ0n) is 9.91. The molecule has 2 rings (SSSR count). The van der Waals surface area contributed by atoms with E-state index in [-0.39, 0.29) is 5.38 Å². The number of hydrogen-bond donors (Lipinski definition) is 0. The number of alkyl halides is 1. The molecule has 0 bridgehead atoms. The van der Waals surface area contributed by atoms with Crippen LogP contribution in [0.2, 0.25) is 0 Å². The Bertz CT molecular complexity index is 365. The van der Waals surface area contributed by atoms with E-state index in [2.05, 4.69) is 21.9 Å². The second kappa shape index (κ2) is 5.00. The van der Waals surface area contributed by atoms with Crippen molar-refractivity contribution in [3.63, 3.8) is 0 Å². The molecule has 0 N–H and O–H groups in total. The summed E-state index contributed by atoms with van der Waals surface area (Å²) >= 11 is 6.02. The fourth-order valence-corrected chi connectivity index (χ4v) is 2.50. The summed E-state index contributed by atoms with van der Waals surface area (Å²) in [5.74, 6) is 1.07. The van der Waals surface area contributed by atoms with Crippen LogP contribution in [0, 0.1) is 0 Å². The van der Waals surface area contributed by atoms with E-state index < -0.39 is 0 Å². The van der Waals surface area contributed by atoms with Crippen LogP contribution in [0.4, 0.5) is 5.82 Å². The van der Waals surface area contributed by atoms with Crippen LogP contribution in [-0.4, -0.2) is 28.9 Å². The van der Waals surface area contributed by atoms with E-state index in [9.17, 15) is 0 Å². The molecule has 0 amide bonds. The maximum atomic E-state index is 6.02. The smallest absolute Gasteiger partial charge is 0.135 e. The van der Waals surface area contributed by atoms with Crippen molar-refractivity contribution in [3.05, 3.63) is 17.6 Å². The zero-order chi connectivity index (χ0) is 11.5. The van der Waals surface area contributed by atoms with Crippen molar-refractivity contribution in [2.24, 2.45) is 0 Å². The van der Waals surface area contributed by atoms with E-state index >= 15 is 0 Å². The van der Waals surface area contributed by atoms with Gasteiger partial charge in [-0.25, -0.2) is 9.97 Å². The fourth-order valence-electron chi connectivity index (χ4n) is 2.30. The Kier molecular flexibility index (Phi) is 3.64. The van der Waals surface area contributed by atoms with Gasteiger partial charge in [0, 0.05) is 30.2 Å². The largest absolute Gasteiger partial charge is 0.358 e. The van der Waals surface area contributed by atoms with Crippen LogP contribution < -0.4 is 4.90 Å². The molecule has 0 spiro atoms. The molecule has 88 valence electrons. The number of nitrogens with zero attached hydrogens (tertiary/aromatic N) is 3. The highest BCUT2D eigenvalue weighted by Crippen LogP contribution is 2.26. The maximum absolute atomic E-state index is 6.02. The number of rotatable bonds is 3. The molecular formula is C12H18ClN3. The first-order valence-electron chi connectivity index (χ1n) is 5.86. The highest BCUT2D eigenvalue weighted by molar-refractivity contribution is 6.20. The standard InChI is InChI=1S/C12H18ClN3/c1-9(13)7-16(2)12-10-5-3-4-6-11(10)14-8-15-12/h8-9H,3-7H2,1-2H3. The van der Waals surface area contributed by atoms with Gasteiger partial charge < -0.3 is 4.90 Å². The third kappa shape index (κ3) is 2.46. The van der Waals surface area contributed by atoms with Crippen LogP contribution in [0.5, 0.6) is 0 Å². The van der Waals surface area contributed by atoms with Gasteiger partial charge in [-0.15, -0.1) is 11.6 Å². The Hall–Kier alpha value is -0.830. The first kappa shape index (κ1) is 11.6. The third-order valence-electron chi connectivity index (χ3n) is 2.99. The van der Waals surface area contributed by atoms with Gasteiger partial charge in [-0.05, 0) is 32.6 Å². The van der Waals surface area contributed by atoms with E-state index in [0.29, 0.717) is 0 Å². The summed E-state index contributed by atoms with van der Waals surface area (Å²) in [6, 6.07) is 0. The predicted octanol–water partition coefficient (Wildman–Crippen LogP) is 2.42. The van der Waals surface area contributed by atoms with Gasteiger partial charge in [-0.1, -0.05) is 0 Å². The molecule has 1 aromatic heterocycles. The van der Waals surface area contributed by atoms with Gasteiger partial charge in [0.05, 0.1) is 0 Å². The molecule has 1 heterocycles. The van der Waals surface area contributed by atoms with E-state index in [0.717, 1.165) is 25.2 Å². The van der Waals surface area contributed by atoms with Gasteiger partial charge in [-0.3, -0.25) is 0 Å². The lowest BCUT2D eigenvalue weighted by molar-refractivity contribution is 0.657. The van der Waals surface area contributed by atoms with Gasteiger partial charge in [0.2, 0.25) is 0 Å². The van der Waals surface area contributed by atoms with E-state index in [4.69, 9.17) is 11.6 Å². The van der Waals surface area contributed by atoms with Crippen molar-refractivity contribution in [1.82, 2.24) is 9.97 Å². The summed E-state index contributed by atoms with van der Waals surface area (Å²) in [5, 5.41) is 0.138. The van der Waals surface area contributed by atoms with Crippen LogP contribution in [0.1, 0.15) is 31.0 Å². The fraction of sp³-hybridized carbons (Fsp3) is 0.667. The van der Waals surface area contributed by atoms with E-state index in [1.165, 1.54) is 24.1 Å². The zero-order valence-corrected chi connectivity index (χ0v) is 10.7. The average Bonchev–Trinajstić information content (AvgIpc) is 2.27. The second-order valence-electron chi connectivity index (χ2n) is 4.49. The molecule has 0 radical (unpaired) electrons. The molecule has 4 heteroatoms. The molecule has 1 unspecified atom stereocenters. The molecular weight excluding hydrogens is 222 g/mol. The predicted molar refractivity (Wildman–Crippen MR) is 67.3 cm³/mol. The quantitative estimate of drug-likeness (QED) is 0.759. The van der Waals surface area contributed by atoms with Crippen LogP contribution in [-0.2, 0) is 12.8 Å². The third-order valence-corrected chi connectivity index (χ3v) is 3.13. The summed E-state index contributed by atoms with van der Waals surface area (Å²) in [7, 11) is 2.05. The van der Waals surface area contributed by atoms with E-state index in [1.54, 1.807) is 6.33 Å². The summed E-state index contributed by atoms with van der Waals surface area (Å²) < 4.78 is 0. The molecule has 1 aromatic rings. The number of hydrogen-bond acceptors (Lipinski definition) is 3. The average molecular weight is 240 g/mol. The second-order valence-corrected chi connectivity index (χ2v) is 5.24. The minimum absolute atomic E-state index is 0.138. The molecule has 1 atom stereocenters. The Labute approximate surface area is 102 Å². The summed E-state index contributed by atoms with van der Waals surface area (Å²) in [4.78, 5) is 10.9. The molecule has 0 saturated heterocycles. The number of halogens is 1. The Morgan fingerprint density at radius 2 is 2.12 bits per heavy atom. The molecule has 0 saturated carbocycles. The van der Waals surface area contributed by atoms with Crippen LogP contribution >= 0.6 is 11.6 Å². The lowest BCUT2D eigenvalue weighted by Gasteiger charge is -2.25. The van der Waals surface area contributed by atoms with Gasteiger partial charge in [0.25, 0.3) is 0 Å². The van der Waals surface area contributed by atoms with Gasteiger partial charge in [0.1, 0.15) is 12.1 Å². The normalized spacial score (nSPS) is 16.7. The van der Waals surface area contributed by atoms with Crippen molar-refractivity contribution >= 4 is 17.4 Å². The van der Waals surface area contributed by atoms with Crippen molar-refractivity contribution < 1.29 is 0 Å². The molecule has 0 aliphatic heterocycles. The van der Waals surface area contributed by atoms with Crippen molar-refractivity contribution in [2.45, 2.75) is 38.0 Å². The summed E-state index contributed by atoms with van der Waals surface area (Å²) in [6.45, 7) is 2.83. The summed E-state index contributed by atoms with van der Waals surface area (Å²) in [5.41, 5.74) is 2.55.